The minimum atomic E-state index is -0.186. The van der Waals surface area contributed by atoms with E-state index < -0.39 is 0 Å². The summed E-state index contributed by atoms with van der Waals surface area (Å²) in [7, 11) is 0. The Bertz CT molecular complexity index is 3260. The SMILES string of the molecule is C=CC1=C(/C=C\C)c2ccc(N(c3ccc(-c4ccccc4)cc3)c3ccc(-c4ccc5c(c4)c4ccccc4n5-c4ccc(COCc5ccc(C=C)cc5)cc4)cc3)cc2C1(C)C.CC. The zero-order chi connectivity index (χ0) is 46.5. The molecule has 0 spiro atoms. The lowest BCUT2D eigenvalue weighted by atomic mass is 9.81. The van der Waals surface area contributed by atoms with E-state index in [-0.39, 0.29) is 5.41 Å². The van der Waals surface area contributed by atoms with Gasteiger partial charge in [0.2, 0.25) is 0 Å². The van der Waals surface area contributed by atoms with Gasteiger partial charge in [-0.05, 0) is 135 Å². The fourth-order valence-electron chi connectivity index (χ4n) is 9.65. The molecule has 1 aliphatic carbocycles. The molecule has 0 fully saturated rings. The van der Waals surface area contributed by atoms with Crippen LogP contribution in [0.25, 0.3) is 61.4 Å². The van der Waals surface area contributed by atoms with E-state index >= 15 is 0 Å². The summed E-state index contributed by atoms with van der Waals surface area (Å²) in [6, 6.07) is 68.2. The summed E-state index contributed by atoms with van der Waals surface area (Å²) < 4.78 is 8.46. The molecular weight excluding hydrogens is 813 g/mol. The third-order valence-electron chi connectivity index (χ3n) is 13.0. The molecule has 3 nitrogen and oxygen atoms in total. The fourth-order valence-corrected chi connectivity index (χ4v) is 9.65. The van der Waals surface area contributed by atoms with Gasteiger partial charge in [0.1, 0.15) is 0 Å². The Hall–Kier alpha value is -7.72. The van der Waals surface area contributed by atoms with Crippen LogP contribution >= 0.6 is 0 Å². The average Bonchev–Trinajstić information content (AvgIpc) is 3.82. The van der Waals surface area contributed by atoms with Crippen LogP contribution in [0.4, 0.5) is 17.1 Å². The molecular formula is C64H58N2O. The highest BCUT2D eigenvalue weighted by molar-refractivity contribution is 6.10. The summed E-state index contributed by atoms with van der Waals surface area (Å²) in [4.78, 5) is 2.38. The lowest BCUT2D eigenvalue weighted by Crippen LogP contribution is -2.17. The molecule has 0 unspecified atom stereocenters. The van der Waals surface area contributed by atoms with Gasteiger partial charge in [-0.25, -0.2) is 0 Å². The second kappa shape index (κ2) is 19.4. The van der Waals surface area contributed by atoms with Crippen molar-refractivity contribution in [2.24, 2.45) is 0 Å². The second-order valence-corrected chi connectivity index (χ2v) is 17.4. The van der Waals surface area contributed by atoms with Crippen LogP contribution in [0.15, 0.2) is 225 Å². The minimum absolute atomic E-state index is 0.186. The van der Waals surface area contributed by atoms with Crippen LogP contribution in [0, 0.1) is 0 Å². The molecule has 0 saturated carbocycles. The molecule has 1 heterocycles. The largest absolute Gasteiger partial charge is 0.372 e. The van der Waals surface area contributed by atoms with Crippen molar-refractivity contribution in [1.29, 1.82) is 0 Å². The first-order valence-electron chi connectivity index (χ1n) is 23.5. The number of nitrogens with zero attached hydrogens (tertiary/aromatic N) is 2. The van der Waals surface area contributed by atoms with Crippen molar-refractivity contribution in [3.8, 4) is 27.9 Å². The Morgan fingerprint density at radius 2 is 1.09 bits per heavy atom. The number of ether oxygens (including phenoxy) is 1. The quantitative estimate of drug-likeness (QED) is 0.115. The molecule has 8 aromatic carbocycles. The smallest absolute Gasteiger partial charge is 0.0721 e. The number of hydrogen-bond acceptors (Lipinski definition) is 2. The van der Waals surface area contributed by atoms with Crippen LogP contribution < -0.4 is 4.90 Å². The summed E-state index contributed by atoms with van der Waals surface area (Å²) in [5, 5.41) is 2.45. The molecule has 0 atom stereocenters. The van der Waals surface area contributed by atoms with Gasteiger partial charge in [0.25, 0.3) is 0 Å². The molecule has 0 N–H and O–H groups in total. The van der Waals surface area contributed by atoms with Crippen LogP contribution in [-0.2, 0) is 23.4 Å². The highest BCUT2D eigenvalue weighted by Crippen LogP contribution is 2.50. The third kappa shape index (κ3) is 8.63. The molecule has 9 aromatic rings. The zero-order valence-electron chi connectivity index (χ0n) is 39.3. The monoisotopic (exact) mass is 870 g/mol. The highest BCUT2D eigenvalue weighted by atomic mass is 16.5. The first kappa shape index (κ1) is 44.5. The molecule has 10 rings (SSSR count). The van der Waals surface area contributed by atoms with Crippen LogP contribution in [0.1, 0.15) is 62.4 Å². The number of aromatic nitrogens is 1. The van der Waals surface area contributed by atoms with E-state index in [0.29, 0.717) is 13.2 Å². The van der Waals surface area contributed by atoms with E-state index in [1.807, 2.05) is 26.0 Å². The molecule has 67 heavy (non-hydrogen) atoms. The van der Waals surface area contributed by atoms with E-state index in [1.165, 1.54) is 66.3 Å². The van der Waals surface area contributed by atoms with E-state index in [0.717, 1.165) is 39.4 Å². The maximum absolute atomic E-state index is 6.09. The van der Waals surface area contributed by atoms with Gasteiger partial charge in [-0.3, -0.25) is 0 Å². The average molecular weight is 871 g/mol. The zero-order valence-corrected chi connectivity index (χ0v) is 39.3. The van der Waals surface area contributed by atoms with Gasteiger partial charge < -0.3 is 14.2 Å². The second-order valence-electron chi connectivity index (χ2n) is 17.4. The normalized spacial score (nSPS) is 12.9. The molecule has 330 valence electrons. The van der Waals surface area contributed by atoms with Crippen LogP contribution in [0.2, 0.25) is 0 Å². The maximum Gasteiger partial charge on any atom is 0.0721 e. The standard InChI is InChI=1S/C62H52N2O.C2H6/c1-6-14-54-55-37-36-53(40-59(55)62(4,5)58(54)8-3)63(50-32-25-47(26-33-50)46-15-10-9-11-16-46)51-34-27-48(28-35-51)49-29-38-61-57(39-49)56-17-12-13-18-60(56)64(61)52-30-23-45(24-31-52)42-65-41-44-21-19-43(7-2)20-22-44;1-2/h6-40H,2-3,41-42H2,1,4-5H3;1-2H3/b14-6-;. The van der Waals surface area contributed by atoms with Gasteiger partial charge in [0.15, 0.2) is 0 Å². The van der Waals surface area contributed by atoms with Crippen molar-refractivity contribution in [3.63, 3.8) is 0 Å². The van der Waals surface area contributed by atoms with Crippen molar-refractivity contribution in [2.45, 2.75) is 53.2 Å². The number of anilines is 3. The van der Waals surface area contributed by atoms with Crippen molar-refractivity contribution < 1.29 is 4.74 Å². The molecule has 0 aliphatic heterocycles. The van der Waals surface area contributed by atoms with E-state index in [4.69, 9.17) is 4.74 Å². The Morgan fingerprint density at radius 1 is 0.537 bits per heavy atom. The summed E-state index contributed by atoms with van der Waals surface area (Å²) in [6.45, 7) is 19.9. The first-order chi connectivity index (χ1) is 32.8. The van der Waals surface area contributed by atoms with Crippen molar-refractivity contribution in [2.75, 3.05) is 4.90 Å². The van der Waals surface area contributed by atoms with Crippen molar-refractivity contribution in [3.05, 3.63) is 253 Å². The molecule has 3 heteroatoms. The molecule has 1 aliphatic rings. The van der Waals surface area contributed by atoms with Gasteiger partial charge in [-0.15, -0.1) is 0 Å². The molecule has 0 bridgehead atoms. The molecule has 0 saturated heterocycles. The third-order valence-corrected chi connectivity index (χ3v) is 13.0. The van der Waals surface area contributed by atoms with Crippen molar-refractivity contribution in [1.82, 2.24) is 4.57 Å². The highest BCUT2D eigenvalue weighted by Gasteiger charge is 2.36. The molecule has 0 radical (unpaired) electrons. The van der Waals surface area contributed by atoms with Gasteiger partial charge >= 0.3 is 0 Å². The summed E-state index contributed by atoms with van der Waals surface area (Å²) in [5.41, 5.74) is 19.8. The Morgan fingerprint density at radius 3 is 1.72 bits per heavy atom. The summed E-state index contributed by atoms with van der Waals surface area (Å²) >= 11 is 0. The Kier molecular flexibility index (Phi) is 12.9. The Balaban J connectivity index is 0.00000278. The number of fused-ring (bicyclic) bond motifs is 4. The predicted octanol–water partition coefficient (Wildman–Crippen LogP) is 17.8. The number of allylic oxidation sites excluding steroid dienone is 5. The number of hydrogen-bond donors (Lipinski definition) is 0. The first-order valence-corrected chi connectivity index (χ1v) is 23.5. The van der Waals surface area contributed by atoms with Gasteiger partial charge in [0, 0.05) is 38.9 Å². The summed E-state index contributed by atoms with van der Waals surface area (Å²) in [6.07, 6.45) is 8.24. The lowest BCUT2D eigenvalue weighted by Gasteiger charge is -2.29. The Labute approximate surface area is 397 Å². The van der Waals surface area contributed by atoms with Gasteiger partial charge in [0.05, 0.1) is 24.2 Å². The molecule has 0 amide bonds. The minimum Gasteiger partial charge on any atom is -0.372 e. The van der Waals surface area contributed by atoms with Gasteiger partial charge in [-0.2, -0.15) is 0 Å². The maximum atomic E-state index is 6.09. The van der Waals surface area contributed by atoms with E-state index in [2.05, 4.69) is 244 Å². The number of rotatable bonds is 13. The summed E-state index contributed by atoms with van der Waals surface area (Å²) in [5.74, 6) is 0. The van der Waals surface area contributed by atoms with Crippen molar-refractivity contribution >= 4 is 50.5 Å². The van der Waals surface area contributed by atoms with Gasteiger partial charge in [-0.1, -0.05) is 186 Å². The topological polar surface area (TPSA) is 17.4 Å². The predicted molar refractivity (Wildman–Crippen MR) is 288 cm³/mol. The number of para-hydroxylation sites is 1. The van der Waals surface area contributed by atoms with E-state index in [1.54, 1.807) is 0 Å². The van der Waals surface area contributed by atoms with Crippen LogP contribution in [0.5, 0.6) is 0 Å². The van der Waals surface area contributed by atoms with Crippen LogP contribution in [0.3, 0.4) is 0 Å². The lowest BCUT2D eigenvalue weighted by molar-refractivity contribution is 0.107. The number of benzene rings is 8. The fraction of sp³-hybridized carbons (Fsp3) is 0.125. The van der Waals surface area contributed by atoms with E-state index in [9.17, 15) is 0 Å². The van der Waals surface area contributed by atoms with Crippen LogP contribution in [-0.4, -0.2) is 4.57 Å². The molecule has 1 aromatic heterocycles.